The Morgan fingerprint density at radius 3 is 2.52 bits per heavy atom. The van der Waals surface area contributed by atoms with Crippen molar-refractivity contribution in [2.75, 3.05) is 25.6 Å². The summed E-state index contributed by atoms with van der Waals surface area (Å²) in [5, 5.41) is 10.4. The van der Waals surface area contributed by atoms with Crippen LogP contribution in [0.4, 0.5) is 14.6 Å². The van der Waals surface area contributed by atoms with Crippen LogP contribution in [0, 0.1) is 5.82 Å². The first-order chi connectivity index (χ1) is 19.3. The van der Waals surface area contributed by atoms with E-state index in [2.05, 4.69) is 25.5 Å². The Morgan fingerprint density at radius 2 is 1.82 bits per heavy atom. The van der Waals surface area contributed by atoms with Gasteiger partial charge in [0.1, 0.15) is 12.5 Å². The summed E-state index contributed by atoms with van der Waals surface area (Å²) in [7, 11) is -3.48. The fraction of sp³-hybridized carbons (Fsp3) is 0.333. The van der Waals surface area contributed by atoms with Gasteiger partial charge >= 0.3 is 0 Å². The molecule has 0 bridgehead atoms. The Labute approximate surface area is 229 Å². The number of alkyl halides is 1. The number of ether oxygens (including phenoxy) is 1. The minimum Gasteiger partial charge on any atom is -0.414 e. The van der Waals surface area contributed by atoms with Gasteiger partial charge in [0.05, 0.1) is 27.6 Å². The summed E-state index contributed by atoms with van der Waals surface area (Å²) in [6.07, 6.45) is 2.39. The number of halogens is 2. The minimum atomic E-state index is -3.48. The predicted octanol–water partition coefficient (Wildman–Crippen LogP) is 3.98. The van der Waals surface area contributed by atoms with Crippen molar-refractivity contribution in [3.8, 4) is 34.3 Å². The molecular formula is C27H28F2N6O4S. The Hall–Kier alpha value is -3.81. The number of hydrogen-bond acceptors (Lipinski definition) is 10. The average molecular weight is 571 g/mol. The first-order valence-corrected chi connectivity index (χ1v) is 14.3. The highest BCUT2D eigenvalue weighted by atomic mass is 32.2. The van der Waals surface area contributed by atoms with E-state index in [1.807, 2.05) is 0 Å². The van der Waals surface area contributed by atoms with Gasteiger partial charge in [-0.3, -0.25) is 0 Å². The summed E-state index contributed by atoms with van der Waals surface area (Å²) in [4.78, 5) is 8.91. The molecule has 0 aliphatic carbocycles. The second-order valence-electron chi connectivity index (χ2n) is 9.53. The van der Waals surface area contributed by atoms with Gasteiger partial charge in [0.15, 0.2) is 21.3 Å². The predicted molar refractivity (Wildman–Crippen MR) is 144 cm³/mol. The number of nitrogen functional groups attached to an aromatic ring is 1. The van der Waals surface area contributed by atoms with Crippen LogP contribution in [0.15, 0.2) is 58.0 Å². The molecule has 4 aromatic rings. The Morgan fingerprint density at radius 1 is 1.10 bits per heavy atom. The first-order valence-electron chi connectivity index (χ1n) is 12.7. The van der Waals surface area contributed by atoms with Gasteiger partial charge in [-0.2, -0.15) is 0 Å². The maximum absolute atomic E-state index is 14.8. The van der Waals surface area contributed by atoms with Crippen molar-refractivity contribution in [2.45, 2.75) is 42.5 Å². The van der Waals surface area contributed by atoms with Gasteiger partial charge in [0.2, 0.25) is 0 Å². The molecule has 3 heterocycles. The average Bonchev–Trinajstić information content (AvgIpc) is 3.46. The smallest absolute Gasteiger partial charge is 0.270 e. The summed E-state index contributed by atoms with van der Waals surface area (Å²) in [6.45, 7) is 2.34. The number of rotatable bonds is 9. The highest BCUT2D eigenvalue weighted by Crippen LogP contribution is 2.30. The summed E-state index contributed by atoms with van der Waals surface area (Å²) in [5.41, 5.74) is 7.88. The minimum absolute atomic E-state index is 0.0292. The van der Waals surface area contributed by atoms with E-state index in [1.165, 1.54) is 18.3 Å². The second-order valence-corrected chi connectivity index (χ2v) is 11.8. The third-order valence-corrected chi connectivity index (χ3v) is 8.94. The topological polar surface area (TPSA) is 146 Å². The molecule has 210 valence electrons. The molecule has 10 nitrogen and oxygen atoms in total. The van der Waals surface area contributed by atoms with E-state index < -0.39 is 27.6 Å². The number of nitrogens with two attached hydrogens (primary N) is 1. The summed E-state index contributed by atoms with van der Waals surface area (Å²) >= 11 is 0. The molecule has 2 aromatic carbocycles. The van der Waals surface area contributed by atoms with Crippen molar-refractivity contribution in [3.05, 3.63) is 60.0 Å². The highest BCUT2D eigenvalue weighted by Gasteiger charge is 2.29. The lowest BCUT2D eigenvalue weighted by Crippen LogP contribution is -2.28. The molecule has 40 heavy (non-hydrogen) atoms. The van der Waals surface area contributed by atoms with Crippen LogP contribution in [0.2, 0.25) is 0 Å². The molecule has 1 aliphatic rings. The Kier molecular flexibility index (Phi) is 8.14. The van der Waals surface area contributed by atoms with Crippen molar-refractivity contribution >= 4 is 15.7 Å². The second kappa shape index (κ2) is 11.7. The number of sulfone groups is 1. The molecule has 1 aliphatic heterocycles. The standard InChI is InChI=1S/C27H28F2N6O4S/c1-16(13-28)31-14-17-2-7-21(22(29)12-17)26-34-35-27(39-26)24-25(30)32-15-23(33-24)18-3-5-19(6-4-18)40(36,37)20-8-10-38-11-9-20/h2-7,12,15-16,20,31H,8-11,13-14H2,1H3,(H2,30,32). The SMILES string of the molecule is CC(CF)NCc1ccc(-c2nnc(-c3nc(-c4ccc(S(=O)(=O)C5CCOCC5)cc4)cnc3N)o2)c(F)c1. The lowest BCUT2D eigenvalue weighted by atomic mass is 10.1. The summed E-state index contributed by atoms with van der Waals surface area (Å²) in [5.74, 6) is -0.673. The number of nitrogens with zero attached hydrogens (tertiary/aromatic N) is 4. The maximum atomic E-state index is 14.8. The fourth-order valence-electron chi connectivity index (χ4n) is 4.31. The van der Waals surface area contributed by atoms with Crippen molar-refractivity contribution in [1.82, 2.24) is 25.5 Å². The van der Waals surface area contributed by atoms with E-state index in [-0.39, 0.29) is 39.8 Å². The molecule has 2 aromatic heterocycles. The summed E-state index contributed by atoms with van der Waals surface area (Å²) < 4.78 is 64.4. The van der Waals surface area contributed by atoms with Gasteiger partial charge in [-0.25, -0.2) is 27.2 Å². The largest absolute Gasteiger partial charge is 0.414 e. The van der Waals surface area contributed by atoms with Gasteiger partial charge in [0.25, 0.3) is 11.8 Å². The maximum Gasteiger partial charge on any atom is 0.270 e. The molecule has 1 atom stereocenters. The number of aromatic nitrogens is 4. The van der Waals surface area contributed by atoms with Gasteiger partial charge in [-0.05, 0) is 49.6 Å². The normalized spacial score (nSPS) is 15.3. The molecule has 0 amide bonds. The van der Waals surface area contributed by atoms with Crippen molar-refractivity contribution in [3.63, 3.8) is 0 Å². The number of benzene rings is 2. The molecule has 3 N–H and O–H groups in total. The van der Waals surface area contributed by atoms with Crippen molar-refractivity contribution in [1.29, 1.82) is 0 Å². The number of nitrogens with one attached hydrogen (secondary N) is 1. The van der Waals surface area contributed by atoms with Crippen LogP contribution in [0.25, 0.3) is 34.3 Å². The zero-order valence-electron chi connectivity index (χ0n) is 21.7. The van der Waals surface area contributed by atoms with Crippen LogP contribution in [-0.4, -0.2) is 59.8 Å². The van der Waals surface area contributed by atoms with Gasteiger partial charge < -0.3 is 20.2 Å². The van der Waals surface area contributed by atoms with Crippen LogP contribution < -0.4 is 11.1 Å². The number of anilines is 1. The molecular weight excluding hydrogens is 542 g/mol. The van der Waals surface area contributed by atoms with Crippen molar-refractivity contribution in [2.24, 2.45) is 0 Å². The molecule has 0 saturated carbocycles. The van der Waals surface area contributed by atoms with Gasteiger partial charge in [-0.1, -0.05) is 18.2 Å². The van der Waals surface area contributed by atoms with E-state index in [9.17, 15) is 17.2 Å². The quantitative estimate of drug-likeness (QED) is 0.303. The van der Waals surface area contributed by atoms with Crippen LogP contribution in [-0.2, 0) is 21.1 Å². The third kappa shape index (κ3) is 5.86. The van der Waals surface area contributed by atoms with E-state index in [1.54, 1.807) is 37.3 Å². The molecule has 1 unspecified atom stereocenters. The third-order valence-electron chi connectivity index (χ3n) is 6.66. The fourth-order valence-corrected chi connectivity index (χ4v) is 6.02. The van der Waals surface area contributed by atoms with Crippen molar-refractivity contribution < 1.29 is 26.4 Å². The van der Waals surface area contributed by atoms with E-state index in [4.69, 9.17) is 14.9 Å². The molecule has 1 saturated heterocycles. The molecule has 5 rings (SSSR count). The first kappa shape index (κ1) is 27.7. The number of hydrogen-bond donors (Lipinski definition) is 2. The zero-order chi connectivity index (χ0) is 28.3. The lowest BCUT2D eigenvalue weighted by Gasteiger charge is -2.22. The monoisotopic (exact) mass is 570 g/mol. The molecule has 0 spiro atoms. The van der Waals surface area contributed by atoms with Crippen LogP contribution in [0.5, 0.6) is 0 Å². The molecule has 0 radical (unpaired) electrons. The van der Waals surface area contributed by atoms with Crippen LogP contribution in [0.3, 0.4) is 0 Å². The molecule has 13 heteroatoms. The van der Waals surface area contributed by atoms with Crippen LogP contribution in [0.1, 0.15) is 25.3 Å². The van der Waals surface area contributed by atoms with E-state index >= 15 is 0 Å². The van der Waals surface area contributed by atoms with Crippen LogP contribution >= 0.6 is 0 Å². The summed E-state index contributed by atoms with van der Waals surface area (Å²) in [6, 6.07) is 10.5. The van der Waals surface area contributed by atoms with E-state index in [0.29, 0.717) is 49.4 Å². The Bertz CT molecular complexity index is 1590. The Balaban J connectivity index is 1.36. The lowest BCUT2D eigenvalue weighted by molar-refractivity contribution is 0.0983. The molecule has 1 fully saturated rings. The van der Waals surface area contributed by atoms with E-state index in [0.717, 1.165) is 0 Å². The highest BCUT2D eigenvalue weighted by molar-refractivity contribution is 7.92. The zero-order valence-corrected chi connectivity index (χ0v) is 22.5. The van der Waals surface area contributed by atoms with Gasteiger partial charge in [-0.15, -0.1) is 10.2 Å². The van der Waals surface area contributed by atoms with Gasteiger partial charge in [0, 0.05) is 31.4 Å².